The van der Waals surface area contributed by atoms with Crippen LogP contribution in [0.2, 0.25) is 0 Å². The van der Waals surface area contributed by atoms with E-state index in [0.717, 1.165) is 17.1 Å². The van der Waals surface area contributed by atoms with Crippen LogP contribution in [-0.2, 0) is 5.41 Å². The number of fused-ring (bicyclic) bond motifs is 4. The van der Waals surface area contributed by atoms with E-state index in [2.05, 4.69) is 254 Å². The highest BCUT2D eigenvalue weighted by Crippen LogP contribution is 2.58. The maximum atomic E-state index is 2.39. The van der Waals surface area contributed by atoms with E-state index < -0.39 is 5.41 Å². The van der Waals surface area contributed by atoms with Crippen molar-refractivity contribution in [3.63, 3.8) is 0 Å². The summed E-state index contributed by atoms with van der Waals surface area (Å²) in [5.41, 5.74) is 17.8. The number of hydrogen-bond acceptors (Lipinski definition) is 1. The lowest BCUT2D eigenvalue weighted by atomic mass is 9.67. The SMILES string of the molecule is c1ccc(-c2cccc(-c3cccc(N(c4ccc(-c5cccc6c5-c5ccccc5C6(c5ccccc5)c5ccccc5)cc4)c4ccc5ccccc5c4)c3)c2)cc1. The van der Waals surface area contributed by atoms with Crippen LogP contribution in [0.3, 0.4) is 0 Å². The van der Waals surface area contributed by atoms with E-state index in [-0.39, 0.29) is 0 Å². The molecule has 0 saturated heterocycles. The minimum Gasteiger partial charge on any atom is -0.310 e. The van der Waals surface area contributed by atoms with Crippen molar-refractivity contribution in [3.8, 4) is 44.5 Å². The first-order valence-electron chi connectivity index (χ1n) is 20.8. The molecule has 0 N–H and O–H groups in total. The molecule has 0 aliphatic heterocycles. The molecule has 1 aliphatic carbocycles. The number of benzene rings is 10. The Balaban J connectivity index is 1.05. The third kappa shape index (κ3) is 5.94. The molecule has 0 unspecified atom stereocenters. The molecule has 11 rings (SSSR count). The highest BCUT2D eigenvalue weighted by molar-refractivity contribution is 5.96. The molecule has 10 aromatic carbocycles. The smallest absolute Gasteiger partial charge is 0.0713 e. The van der Waals surface area contributed by atoms with Gasteiger partial charge in [0.1, 0.15) is 0 Å². The van der Waals surface area contributed by atoms with Crippen LogP contribution in [0, 0.1) is 0 Å². The van der Waals surface area contributed by atoms with E-state index >= 15 is 0 Å². The third-order valence-corrected chi connectivity index (χ3v) is 12.3. The summed E-state index contributed by atoms with van der Waals surface area (Å²) in [7, 11) is 0. The second-order valence-corrected chi connectivity index (χ2v) is 15.7. The Morgan fingerprint density at radius 1 is 0.267 bits per heavy atom. The molecule has 0 spiro atoms. The average Bonchev–Trinajstić information content (AvgIpc) is 3.64. The average molecular weight is 764 g/mol. The second kappa shape index (κ2) is 14.9. The predicted octanol–water partition coefficient (Wildman–Crippen LogP) is 15.7. The molecule has 0 fully saturated rings. The van der Waals surface area contributed by atoms with Crippen LogP contribution in [0.25, 0.3) is 55.3 Å². The quantitative estimate of drug-likeness (QED) is 0.149. The summed E-state index contributed by atoms with van der Waals surface area (Å²) in [4.78, 5) is 2.39. The summed E-state index contributed by atoms with van der Waals surface area (Å²) in [5.74, 6) is 0. The molecule has 1 heteroatoms. The van der Waals surface area contributed by atoms with Crippen molar-refractivity contribution in [1.82, 2.24) is 0 Å². The molecule has 0 atom stereocenters. The van der Waals surface area contributed by atoms with Crippen LogP contribution in [-0.4, -0.2) is 0 Å². The van der Waals surface area contributed by atoms with Crippen molar-refractivity contribution < 1.29 is 0 Å². The van der Waals surface area contributed by atoms with Gasteiger partial charge in [-0.05, 0) is 120 Å². The van der Waals surface area contributed by atoms with Crippen LogP contribution in [0.15, 0.2) is 249 Å². The maximum Gasteiger partial charge on any atom is 0.0713 e. The molecule has 1 nitrogen and oxygen atoms in total. The van der Waals surface area contributed by atoms with Gasteiger partial charge in [0.2, 0.25) is 0 Å². The third-order valence-electron chi connectivity index (χ3n) is 12.3. The summed E-state index contributed by atoms with van der Waals surface area (Å²) in [5, 5.41) is 2.44. The van der Waals surface area contributed by atoms with Gasteiger partial charge in [-0.2, -0.15) is 0 Å². The van der Waals surface area contributed by atoms with Crippen LogP contribution in [0.4, 0.5) is 17.1 Å². The molecule has 0 saturated carbocycles. The van der Waals surface area contributed by atoms with Crippen molar-refractivity contribution in [1.29, 1.82) is 0 Å². The highest BCUT2D eigenvalue weighted by Gasteiger charge is 2.46. The predicted molar refractivity (Wildman–Crippen MR) is 252 cm³/mol. The van der Waals surface area contributed by atoms with Crippen molar-refractivity contribution in [2.45, 2.75) is 5.41 Å². The van der Waals surface area contributed by atoms with Gasteiger partial charge in [0.25, 0.3) is 0 Å². The van der Waals surface area contributed by atoms with Crippen molar-refractivity contribution >= 4 is 27.8 Å². The monoisotopic (exact) mass is 763 g/mol. The molecule has 0 amide bonds. The Kier molecular flexibility index (Phi) is 8.79. The van der Waals surface area contributed by atoms with E-state index in [1.807, 2.05) is 0 Å². The maximum absolute atomic E-state index is 2.39. The molecule has 10 aromatic rings. The van der Waals surface area contributed by atoms with E-state index in [4.69, 9.17) is 0 Å². The zero-order valence-electron chi connectivity index (χ0n) is 33.1. The van der Waals surface area contributed by atoms with Crippen LogP contribution in [0.5, 0.6) is 0 Å². The van der Waals surface area contributed by atoms with Gasteiger partial charge < -0.3 is 4.90 Å². The van der Waals surface area contributed by atoms with Gasteiger partial charge in [-0.3, -0.25) is 0 Å². The van der Waals surface area contributed by atoms with Gasteiger partial charge in [-0.15, -0.1) is 0 Å². The summed E-state index contributed by atoms with van der Waals surface area (Å²) < 4.78 is 0. The lowest BCUT2D eigenvalue weighted by Crippen LogP contribution is -2.28. The Labute approximate surface area is 352 Å². The molecule has 0 radical (unpaired) electrons. The van der Waals surface area contributed by atoms with Gasteiger partial charge in [0.15, 0.2) is 0 Å². The highest BCUT2D eigenvalue weighted by atomic mass is 15.1. The normalized spacial score (nSPS) is 12.5. The van der Waals surface area contributed by atoms with Crippen LogP contribution >= 0.6 is 0 Å². The summed E-state index contributed by atoms with van der Waals surface area (Å²) in [6, 6.07) is 90.9. The van der Waals surface area contributed by atoms with E-state index in [9.17, 15) is 0 Å². The van der Waals surface area contributed by atoms with Crippen molar-refractivity contribution in [2.24, 2.45) is 0 Å². The minimum atomic E-state index is -0.442. The zero-order chi connectivity index (χ0) is 39.9. The van der Waals surface area contributed by atoms with E-state index in [1.54, 1.807) is 0 Å². The Hall–Kier alpha value is -7.74. The molecule has 1 aliphatic rings. The number of rotatable bonds is 8. The number of hydrogen-bond donors (Lipinski definition) is 0. The van der Waals surface area contributed by atoms with E-state index in [0.29, 0.717) is 0 Å². The molecule has 0 heterocycles. The Bertz CT molecular complexity index is 3090. The molecular formula is C59H41N. The van der Waals surface area contributed by atoms with E-state index in [1.165, 1.54) is 77.5 Å². The van der Waals surface area contributed by atoms with Crippen molar-refractivity contribution in [2.75, 3.05) is 4.90 Å². The lowest BCUT2D eigenvalue weighted by Gasteiger charge is -2.34. The Morgan fingerprint density at radius 2 is 0.767 bits per heavy atom. The van der Waals surface area contributed by atoms with Crippen LogP contribution < -0.4 is 4.90 Å². The first-order valence-corrected chi connectivity index (χ1v) is 20.8. The summed E-state index contributed by atoms with van der Waals surface area (Å²) in [6.07, 6.45) is 0. The molecular weight excluding hydrogens is 723 g/mol. The standard InChI is InChI=1S/C59H41N/c1-4-17-42(18-5-1)45-21-14-22-46(39-45)48-23-15-28-52(41-48)60(53-38-33-43-19-10-11-20-47(43)40-53)51-36-34-44(35-37-51)54-30-16-32-57-58(54)55-29-12-13-31-56(55)59(57,49-24-6-2-7-25-49)50-26-8-3-9-27-50/h1-41H. The summed E-state index contributed by atoms with van der Waals surface area (Å²) in [6.45, 7) is 0. The molecule has 0 bridgehead atoms. The lowest BCUT2D eigenvalue weighted by molar-refractivity contribution is 0.768. The topological polar surface area (TPSA) is 3.24 Å². The summed E-state index contributed by atoms with van der Waals surface area (Å²) >= 11 is 0. The van der Waals surface area contributed by atoms with Gasteiger partial charge in [0, 0.05) is 17.1 Å². The zero-order valence-corrected chi connectivity index (χ0v) is 33.1. The second-order valence-electron chi connectivity index (χ2n) is 15.7. The number of nitrogens with zero attached hydrogens (tertiary/aromatic N) is 1. The first kappa shape index (κ1) is 35.4. The first-order chi connectivity index (χ1) is 29.8. The molecule has 0 aromatic heterocycles. The largest absolute Gasteiger partial charge is 0.310 e. The fourth-order valence-electron chi connectivity index (χ4n) is 9.62. The van der Waals surface area contributed by atoms with Crippen LogP contribution in [0.1, 0.15) is 22.3 Å². The molecule has 282 valence electrons. The number of anilines is 3. The van der Waals surface area contributed by atoms with Gasteiger partial charge in [0.05, 0.1) is 5.41 Å². The van der Waals surface area contributed by atoms with Gasteiger partial charge in [-0.1, -0.05) is 206 Å². The van der Waals surface area contributed by atoms with Crippen molar-refractivity contribution in [3.05, 3.63) is 271 Å². The fraction of sp³-hybridized carbons (Fsp3) is 0.0169. The Morgan fingerprint density at radius 3 is 1.50 bits per heavy atom. The van der Waals surface area contributed by atoms with Gasteiger partial charge in [-0.25, -0.2) is 0 Å². The van der Waals surface area contributed by atoms with Gasteiger partial charge >= 0.3 is 0 Å². The minimum absolute atomic E-state index is 0.442. The molecule has 60 heavy (non-hydrogen) atoms. The fourth-order valence-corrected chi connectivity index (χ4v) is 9.62.